The fraction of sp³-hybridized carbons (Fsp3) is 0.250. The molecule has 0 atom stereocenters. The molecule has 0 saturated carbocycles. The lowest BCUT2D eigenvalue weighted by molar-refractivity contribution is -0.122. The molecule has 13 heteroatoms. The summed E-state index contributed by atoms with van der Waals surface area (Å²) < 4.78 is 8.75. The van der Waals surface area contributed by atoms with Crippen molar-refractivity contribution in [1.82, 2.24) is 19.6 Å². The van der Waals surface area contributed by atoms with Crippen molar-refractivity contribution in [2.75, 3.05) is 31.6 Å². The molecule has 4 aromatic rings. The van der Waals surface area contributed by atoms with Crippen LogP contribution in [0, 0.1) is 6.92 Å². The lowest BCUT2D eigenvalue weighted by atomic mass is 10.1. The maximum Gasteiger partial charge on any atom is 0.253 e. The van der Waals surface area contributed by atoms with Crippen molar-refractivity contribution in [3.63, 3.8) is 0 Å². The molecule has 0 aliphatic heterocycles. The summed E-state index contributed by atoms with van der Waals surface area (Å²) in [6.45, 7) is 6.81. The number of pyridine rings is 1. The quantitative estimate of drug-likeness (QED) is 0.168. The second kappa shape index (κ2) is 16.1. The molecule has 238 valence electrons. The van der Waals surface area contributed by atoms with Gasteiger partial charge in [-0.3, -0.25) is 18.8 Å². The zero-order valence-corrected chi connectivity index (χ0v) is 29.1. The minimum atomic E-state index is -0.443. The van der Waals surface area contributed by atoms with Crippen LogP contribution in [0.3, 0.4) is 0 Å². The molecule has 9 nitrogen and oxygen atoms in total. The van der Waals surface area contributed by atoms with Gasteiger partial charge in [-0.05, 0) is 84.7 Å². The SMILES string of the molecule is CCN(CC)C(=O)c1ccc(C=CC(=O)NCC(=O)N(C)c2ccc(Cl)c(COc3cccn4c(Br)c(C)nc34)c2Cl)cc1.Cl. The number of nitrogens with zero attached hydrogens (tertiary/aromatic N) is 4. The van der Waals surface area contributed by atoms with Crippen LogP contribution >= 0.6 is 51.5 Å². The van der Waals surface area contributed by atoms with E-state index in [-0.39, 0.29) is 42.4 Å². The van der Waals surface area contributed by atoms with Gasteiger partial charge >= 0.3 is 0 Å². The van der Waals surface area contributed by atoms with Crippen molar-refractivity contribution in [3.05, 3.63) is 97.8 Å². The molecule has 2 aromatic heterocycles. The predicted molar refractivity (Wildman–Crippen MR) is 185 cm³/mol. The molecule has 0 fully saturated rings. The Morgan fingerprint density at radius 1 is 1.07 bits per heavy atom. The summed E-state index contributed by atoms with van der Waals surface area (Å²) in [5, 5.41) is 3.24. The van der Waals surface area contributed by atoms with Crippen LogP contribution in [0.25, 0.3) is 11.7 Å². The van der Waals surface area contributed by atoms with E-state index in [1.807, 2.05) is 37.4 Å². The first-order chi connectivity index (χ1) is 21.0. The maximum atomic E-state index is 12.9. The van der Waals surface area contributed by atoms with Crippen molar-refractivity contribution in [1.29, 1.82) is 0 Å². The molecule has 0 aliphatic carbocycles. The highest BCUT2D eigenvalue weighted by atomic mass is 79.9. The van der Waals surface area contributed by atoms with Gasteiger partial charge in [0.05, 0.1) is 22.9 Å². The summed E-state index contributed by atoms with van der Waals surface area (Å²) in [5.41, 5.74) is 3.71. The third-order valence-corrected chi connectivity index (χ3v) is 8.77. The van der Waals surface area contributed by atoms with Crippen molar-refractivity contribution < 1.29 is 19.1 Å². The van der Waals surface area contributed by atoms with Crippen molar-refractivity contribution in [3.8, 4) is 5.75 Å². The molecule has 2 heterocycles. The largest absolute Gasteiger partial charge is 0.485 e. The van der Waals surface area contributed by atoms with E-state index in [9.17, 15) is 14.4 Å². The summed E-state index contributed by atoms with van der Waals surface area (Å²) in [6.07, 6.45) is 4.82. The molecule has 0 spiro atoms. The highest BCUT2D eigenvalue weighted by Gasteiger charge is 2.20. The van der Waals surface area contributed by atoms with Gasteiger partial charge in [0.25, 0.3) is 5.91 Å². The standard InChI is InChI=1S/C32H32BrCl2N5O4.ClH/c1-5-39(6-2)32(43)22-12-9-21(10-13-22)11-16-27(41)36-18-28(42)38(4)25-15-14-24(34)23(29(25)35)19-44-26-8-7-17-40-30(33)20(3)37-31(26)40;/h7-17H,5-6,18-19H2,1-4H3,(H,36,41);1H. The van der Waals surface area contributed by atoms with Crippen LogP contribution in [0.2, 0.25) is 10.0 Å². The zero-order valence-electron chi connectivity index (χ0n) is 25.1. The van der Waals surface area contributed by atoms with E-state index in [2.05, 4.69) is 26.2 Å². The van der Waals surface area contributed by atoms with E-state index >= 15 is 0 Å². The number of carbonyl (C=O) groups is 3. The van der Waals surface area contributed by atoms with Gasteiger partial charge in [-0.1, -0.05) is 35.3 Å². The van der Waals surface area contributed by atoms with Gasteiger partial charge in [0.2, 0.25) is 11.8 Å². The Kier molecular flexibility index (Phi) is 12.9. The molecular formula is C32H33BrCl3N5O4. The van der Waals surface area contributed by atoms with Crippen LogP contribution in [0.4, 0.5) is 5.69 Å². The third-order valence-electron chi connectivity index (χ3n) is 7.04. The van der Waals surface area contributed by atoms with Gasteiger partial charge in [-0.15, -0.1) is 12.4 Å². The number of rotatable bonds is 11. The molecule has 0 bridgehead atoms. The van der Waals surface area contributed by atoms with Gasteiger partial charge in [0, 0.05) is 48.6 Å². The average molecular weight is 738 g/mol. The fourth-order valence-electron chi connectivity index (χ4n) is 4.44. The number of halogens is 4. The van der Waals surface area contributed by atoms with Crippen LogP contribution in [0.15, 0.2) is 65.4 Å². The lowest BCUT2D eigenvalue weighted by Crippen LogP contribution is -2.37. The third kappa shape index (κ3) is 8.38. The fourth-order valence-corrected chi connectivity index (χ4v) is 5.42. The summed E-state index contributed by atoms with van der Waals surface area (Å²) >= 11 is 16.7. The lowest BCUT2D eigenvalue weighted by Gasteiger charge is -2.21. The Bertz CT molecular complexity index is 1720. The van der Waals surface area contributed by atoms with E-state index in [1.165, 1.54) is 11.0 Å². The number of aryl methyl sites for hydroxylation is 1. The van der Waals surface area contributed by atoms with Crippen molar-refractivity contribution in [2.24, 2.45) is 0 Å². The minimum absolute atomic E-state index is 0. The van der Waals surface area contributed by atoms with E-state index < -0.39 is 5.91 Å². The van der Waals surface area contributed by atoms with Gasteiger partial charge < -0.3 is 19.9 Å². The van der Waals surface area contributed by atoms with Crippen LogP contribution in [-0.4, -0.2) is 58.7 Å². The van der Waals surface area contributed by atoms with Gasteiger partial charge in [-0.2, -0.15) is 0 Å². The number of fused-ring (bicyclic) bond motifs is 1. The van der Waals surface area contributed by atoms with E-state index in [4.69, 9.17) is 27.9 Å². The highest BCUT2D eigenvalue weighted by Crippen LogP contribution is 2.35. The van der Waals surface area contributed by atoms with Gasteiger partial charge in [0.15, 0.2) is 11.4 Å². The number of hydrogen-bond acceptors (Lipinski definition) is 5. The molecule has 0 unspecified atom stereocenters. The minimum Gasteiger partial charge on any atom is -0.485 e. The number of likely N-dealkylation sites (N-methyl/N-ethyl adjacent to an activating group) is 1. The Morgan fingerprint density at radius 3 is 2.42 bits per heavy atom. The summed E-state index contributed by atoms with van der Waals surface area (Å²) in [7, 11) is 1.57. The predicted octanol–water partition coefficient (Wildman–Crippen LogP) is 6.99. The number of anilines is 1. The molecule has 2 aromatic carbocycles. The number of ether oxygens (including phenoxy) is 1. The summed E-state index contributed by atoms with van der Waals surface area (Å²) in [6, 6.07) is 13.9. The number of nitrogens with one attached hydrogen (secondary N) is 1. The number of carbonyl (C=O) groups excluding carboxylic acids is 3. The highest BCUT2D eigenvalue weighted by molar-refractivity contribution is 9.10. The smallest absolute Gasteiger partial charge is 0.253 e. The monoisotopic (exact) mass is 735 g/mol. The first-order valence-electron chi connectivity index (χ1n) is 13.9. The topological polar surface area (TPSA) is 96.2 Å². The number of amides is 3. The molecular weight excluding hydrogens is 705 g/mol. The Balaban J connectivity index is 0.00000552. The first-order valence-corrected chi connectivity index (χ1v) is 15.4. The Morgan fingerprint density at radius 2 is 1.76 bits per heavy atom. The molecule has 0 saturated heterocycles. The number of hydrogen-bond donors (Lipinski definition) is 1. The molecule has 4 rings (SSSR count). The summed E-state index contributed by atoms with van der Waals surface area (Å²) in [5.74, 6) is -0.323. The Hall–Kier alpha value is -3.57. The van der Waals surface area contributed by atoms with Gasteiger partial charge in [-0.25, -0.2) is 4.98 Å². The molecule has 45 heavy (non-hydrogen) atoms. The van der Waals surface area contributed by atoms with Crippen LogP contribution in [0.5, 0.6) is 5.75 Å². The molecule has 1 N–H and O–H groups in total. The number of aromatic nitrogens is 2. The van der Waals surface area contributed by atoms with E-state index in [1.54, 1.807) is 60.5 Å². The number of benzene rings is 2. The van der Waals surface area contributed by atoms with Crippen LogP contribution in [0.1, 0.15) is 41.0 Å². The first kappa shape index (κ1) is 35.9. The molecule has 0 aliphatic rings. The number of imidazole rings is 1. The maximum absolute atomic E-state index is 12.9. The van der Waals surface area contributed by atoms with E-state index in [0.717, 1.165) is 15.9 Å². The second-order valence-electron chi connectivity index (χ2n) is 9.81. The zero-order chi connectivity index (χ0) is 32.0. The normalized spacial score (nSPS) is 10.9. The second-order valence-corrected chi connectivity index (χ2v) is 11.3. The van der Waals surface area contributed by atoms with Crippen LogP contribution in [-0.2, 0) is 16.2 Å². The van der Waals surface area contributed by atoms with Crippen LogP contribution < -0.4 is 15.0 Å². The average Bonchev–Trinajstić information content (AvgIpc) is 3.32. The van der Waals surface area contributed by atoms with Gasteiger partial charge in [0.1, 0.15) is 11.2 Å². The summed E-state index contributed by atoms with van der Waals surface area (Å²) in [4.78, 5) is 45.5. The molecule has 0 radical (unpaired) electrons. The van der Waals surface area contributed by atoms with Crippen molar-refractivity contribution >= 4 is 86.7 Å². The Labute approximate surface area is 286 Å². The van der Waals surface area contributed by atoms with E-state index in [0.29, 0.717) is 46.3 Å². The van der Waals surface area contributed by atoms with Crippen molar-refractivity contribution in [2.45, 2.75) is 27.4 Å². The molecule has 3 amide bonds.